The van der Waals surface area contributed by atoms with Crippen molar-refractivity contribution in [2.24, 2.45) is 0 Å². The Morgan fingerprint density at radius 2 is 0.957 bits per heavy atom. The van der Waals surface area contributed by atoms with Crippen LogP contribution < -0.4 is 0 Å². The zero-order valence-electron chi connectivity index (χ0n) is 13.3. The first-order valence-electron chi connectivity index (χ1n) is 8.12. The van der Waals surface area contributed by atoms with Gasteiger partial charge in [0.05, 0.1) is 0 Å². The van der Waals surface area contributed by atoms with Crippen LogP contribution >= 0.6 is 0 Å². The number of rotatable bonds is 0. The van der Waals surface area contributed by atoms with E-state index in [-0.39, 0.29) is 10.8 Å². The minimum Gasteiger partial charge on any atom is -0.508 e. The van der Waals surface area contributed by atoms with E-state index in [1.54, 1.807) is 0 Å². The van der Waals surface area contributed by atoms with Crippen molar-refractivity contribution < 1.29 is 5.11 Å². The van der Waals surface area contributed by atoms with E-state index in [4.69, 9.17) is 0 Å². The average molecular weight is 298 g/mol. The number of hydrogen-bond acceptors (Lipinski definition) is 1. The molecule has 2 bridgehead atoms. The highest BCUT2D eigenvalue weighted by molar-refractivity contribution is 5.74. The third-order valence-electron chi connectivity index (χ3n) is 6.09. The summed E-state index contributed by atoms with van der Waals surface area (Å²) in [6, 6.07) is 23.4. The molecule has 112 valence electrons. The second kappa shape index (κ2) is 3.86. The van der Waals surface area contributed by atoms with Gasteiger partial charge in [-0.25, -0.2) is 0 Å². The fraction of sp³-hybridized carbons (Fsp3) is 0.182. The van der Waals surface area contributed by atoms with Gasteiger partial charge < -0.3 is 5.11 Å². The van der Waals surface area contributed by atoms with Crippen LogP contribution in [0.1, 0.15) is 47.2 Å². The molecule has 1 heteroatoms. The Balaban J connectivity index is 2.04. The number of phenolic OH excluding ortho intramolecular Hbond substituents is 1. The molecule has 3 aromatic rings. The van der Waals surface area contributed by atoms with Crippen molar-refractivity contribution >= 4 is 0 Å². The standard InChI is InChI=1S/C22H18O/c1-21-15-7-3-5-9-17(15)22(2,18-10-6-4-8-16(18)21)20-13-14(23)11-12-19(20)21/h3-13,23H,1-2H3. The van der Waals surface area contributed by atoms with Crippen LogP contribution in [0.4, 0.5) is 0 Å². The smallest absolute Gasteiger partial charge is 0.115 e. The number of aromatic hydroxyl groups is 1. The molecule has 3 aliphatic carbocycles. The predicted octanol–water partition coefficient (Wildman–Crippen LogP) is 4.73. The molecule has 6 rings (SSSR count). The molecule has 3 aliphatic rings. The van der Waals surface area contributed by atoms with E-state index in [9.17, 15) is 5.11 Å². The first kappa shape index (κ1) is 13.0. The summed E-state index contributed by atoms with van der Waals surface area (Å²) in [6.07, 6.45) is 0. The molecule has 0 aromatic heterocycles. The second-order valence-corrected chi connectivity index (χ2v) is 7.07. The molecule has 3 aromatic carbocycles. The fourth-order valence-electron chi connectivity index (χ4n) is 4.96. The van der Waals surface area contributed by atoms with E-state index < -0.39 is 0 Å². The second-order valence-electron chi connectivity index (χ2n) is 7.07. The van der Waals surface area contributed by atoms with Crippen LogP contribution in [0, 0.1) is 0 Å². The Hall–Kier alpha value is -2.54. The Labute approximate surface area is 136 Å². The first-order chi connectivity index (χ1) is 11.1. The van der Waals surface area contributed by atoms with Gasteiger partial charge in [-0.1, -0.05) is 54.6 Å². The Bertz CT molecular complexity index is 920. The van der Waals surface area contributed by atoms with E-state index in [2.05, 4.69) is 68.4 Å². The quantitative estimate of drug-likeness (QED) is 0.636. The summed E-state index contributed by atoms with van der Waals surface area (Å²) in [5.41, 5.74) is 7.68. The van der Waals surface area contributed by atoms with Crippen molar-refractivity contribution in [2.75, 3.05) is 0 Å². The Morgan fingerprint density at radius 1 is 0.565 bits per heavy atom. The van der Waals surface area contributed by atoms with Gasteiger partial charge in [0.15, 0.2) is 0 Å². The van der Waals surface area contributed by atoms with E-state index in [1.807, 2.05) is 12.1 Å². The van der Waals surface area contributed by atoms with Gasteiger partial charge in [-0.15, -0.1) is 0 Å². The van der Waals surface area contributed by atoms with Crippen LogP contribution in [0.15, 0.2) is 66.7 Å². The maximum absolute atomic E-state index is 10.1. The summed E-state index contributed by atoms with van der Waals surface area (Å²) in [5.74, 6) is 0.344. The van der Waals surface area contributed by atoms with E-state index >= 15 is 0 Å². The highest BCUT2D eigenvalue weighted by atomic mass is 16.3. The predicted molar refractivity (Wildman–Crippen MR) is 92.1 cm³/mol. The number of phenols is 1. The lowest BCUT2D eigenvalue weighted by Crippen LogP contribution is -2.47. The number of hydrogen-bond donors (Lipinski definition) is 1. The molecule has 23 heavy (non-hydrogen) atoms. The zero-order chi connectivity index (χ0) is 15.8. The van der Waals surface area contributed by atoms with Gasteiger partial charge in [-0.3, -0.25) is 0 Å². The molecule has 0 heterocycles. The van der Waals surface area contributed by atoms with Crippen molar-refractivity contribution in [1.29, 1.82) is 0 Å². The van der Waals surface area contributed by atoms with Crippen molar-refractivity contribution in [1.82, 2.24) is 0 Å². The Morgan fingerprint density at radius 3 is 1.43 bits per heavy atom. The minimum atomic E-state index is -0.209. The molecule has 0 aliphatic heterocycles. The highest BCUT2D eigenvalue weighted by Gasteiger charge is 2.54. The lowest BCUT2D eigenvalue weighted by molar-refractivity contribution is 0.464. The van der Waals surface area contributed by atoms with Gasteiger partial charge >= 0.3 is 0 Å². The van der Waals surface area contributed by atoms with E-state index in [0.717, 1.165) is 0 Å². The molecule has 0 radical (unpaired) electrons. The topological polar surface area (TPSA) is 20.2 Å². The molecule has 0 atom stereocenters. The lowest BCUT2D eigenvalue weighted by atomic mass is 9.48. The van der Waals surface area contributed by atoms with Crippen LogP contribution in [0.3, 0.4) is 0 Å². The summed E-state index contributed by atoms with van der Waals surface area (Å²) < 4.78 is 0. The molecule has 0 fully saturated rings. The van der Waals surface area contributed by atoms with Crippen LogP contribution in [0.2, 0.25) is 0 Å². The first-order valence-corrected chi connectivity index (χ1v) is 8.12. The third-order valence-corrected chi connectivity index (χ3v) is 6.09. The van der Waals surface area contributed by atoms with Gasteiger partial charge in [-0.2, -0.15) is 0 Å². The van der Waals surface area contributed by atoms with Crippen LogP contribution in [0.25, 0.3) is 0 Å². The summed E-state index contributed by atoms with van der Waals surface area (Å²) >= 11 is 0. The fourth-order valence-corrected chi connectivity index (χ4v) is 4.96. The monoisotopic (exact) mass is 298 g/mol. The summed E-state index contributed by atoms with van der Waals surface area (Å²) in [4.78, 5) is 0. The molecular weight excluding hydrogens is 280 g/mol. The highest BCUT2D eigenvalue weighted by Crippen LogP contribution is 2.61. The van der Waals surface area contributed by atoms with Crippen molar-refractivity contribution in [3.8, 4) is 5.75 Å². The molecule has 0 saturated heterocycles. The largest absolute Gasteiger partial charge is 0.508 e. The molecule has 1 N–H and O–H groups in total. The van der Waals surface area contributed by atoms with Crippen LogP contribution in [0.5, 0.6) is 5.75 Å². The molecule has 0 amide bonds. The maximum Gasteiger partial charge on any atom is 0.115 e. The van der Waals surface area contributed by atoms with Crippen molar-refractivity contribution in [3.05, 3.63) is 100 Å². The average Bonchev–Trinajstić information content (AvgIpc) is 2.59. The van der Waals surface area contributed by atoms with Gasteiger partial charge in [0.25, 0.3) is 0 Å². The van der Waals surface area contributed by atoms with Crippen LogP contribution in [-0.4, -0.2) is 5.11 Å². The summed E-state index contributed by atoms with van der Waals surface area (Å²) in [5, 5.41) is 10.1. The molecule has 0 spiro atoms. The maximum atomic E-state index is 10.1. The molecule has 0 saturated carbocycles. The van der Waals surface area contributed by atoms with Gasteiger partial charge in [-0.05, 0) is 59.4 Å². The third kappa shape index (κ3) is 1.27. The van der Waals surface area contributed by atoms with Gasteiger partial charge in [0, 0.05) is 10.8 Å². The summed E-state index contributed by atoms with van der Waals surface area (Å²) in [6.45, 7) is 4.61. The zero-order valence-corrected chi connectivity index (χ0v) is 13.3. The minimum absolute atomic E-state index is 0.159. The van der Waals surface area contributed by atoms with Crippen molar-refractivity contribution in [2.45, 2.75) is 24.7 Å². The van der Waals surface area contributed by atoms with E-state index in [1.165, 1.54) is 33.4 Å². The normalized spacial score (nSPS) is 26.3. The number of benzene rings is 3. The van der Waals surface area contributed by atoms with Gasteiger partial charge in [0.1, 0.15) is 5.75 Å². The molecule has 1 nitrogen and oxygen atoms in total. The molecule has 0 unspecified atom stereocenters. The summed E-state index contributed by atoms with van der Waals surface area (Å²) in [7, 11) is 0. The Kier molecular flexibility index (Phi) is 2.17. The van der Waals surface area contributed by atoms with Crippen molar-refractivity contribution in [3.63, 3.8) is 0 Å². The SMILES string of the molecule is CC12c3ccccc3C(C)(c3ccccc31)c1cc(O)ccc12. The van der Waals surface area contributed by atoms with E-state index in [0.29, 0.717) is 5.75 Å². The van der Waals surface area contributed by atoms with Crippen LogP contribution in [-0.2, 0) is 10.8 Å². The molecular formula is C22H18O. The lowest BCUT2D eigenvalue weighted by Gasteiger charge is -2.54. The van der Waals surface area contributed by atoms with Gasteiger partial charge in [0.2, 0.25) is 0 Å².